The lowest BCUT2D eigenvalue weighted by molar-refractivity contribution is -0.941. The normalized spacial score (nSPS) is 23.7. The Balaban J connectivity index is 1.69. The van der Waals surface area contributed by atoms with Crippen LogP contribution in [0.4, 0.5) is 26.3 Å². The van der Waals surface area contributed by atoms with Crippen molar-refractivity contribution in [3.05, 3.63) is 92.3 Å². The van der Waals surface area contributed by atoms with Gasteiger partial charge in [-0.3, -0.25) is 4.98 Å². The van der Waals surface area contributed by atoms with Crippen molar-refractivity contribution in [3.8, 4) is 0 Å². The Morgan fingerprint density at radius 3 is 2.27 bits per heavy atom. The second kappa shape index (κ2) is 9.93. The molecule has 14 heteroatoms. The van der Waals surface area contributed by atoms with E-state index in [0.29, 0.717) is 17.7 Å². The molecule has 4 rings (SSSR count). The van der Waals surface area contributed by atoms with Gasteiger partial charge in [-0.2, -0.15) is 31.4 Å². The minimum Gasteiger partial charge on any atom is -0.632 e. The molecule has 0 aliphatic carbocycles. The zero-order valence-corrected chi connectivity index (χ0v) is 19.3. The van der Waals surface area contributed by atoms with Crippen molar-refractivity contribution in [1.29, 1.82) is 0 Å². The van der Waals surface area contributed by atoms with Gasteiger partial charge in [0, 0.05) is 5.56 Å². The lowest BCUT2D eigenvalue weighted by atomic mass is 10.0. The molecule has 0 spiro atoms. The molecule has 2 aromatic carbocycles. The fourth-order valence-corrected chi connectivity index (χ4v) is 4.27. The fourth-order valence-electron chi connectivity index (χ4n) is 4.27. The van der Waals surface area contributed by atoms with Crippen molar-refractivity contribution in [1.82, 2.24) is 15.2 Å². The Morgan fingerprint density at radius 2 is 1.73 bits per heavy atom. The van der Waals surface area contributed by atoms with E-state index in [1.807, 2.05) is 0 Å². The summed E-state index contributed by atoms with van der Waals surface area (Å²) in [5.74, 6) is 0.0716. The van der Waals surface area contributed by atoms with E-state index in [-0.39, 0.29) is 37.2 Å². The van der Waals surface area contributed by atoms with Crippen LogP contribution in [0.1, 0.15) is 47.1 Å². The van der Waals surface area contributed by atoms with Gasteiger partial charge in [0.05, 0.1) is 23.8 Å². The Labute approximate surface area is 206 Å². The molecule has 200 valence electrons. The Kier molecular flexibility index (Phi) is 7.21. The van der Waals surface area contributed by atoms with Crippen LogP contribution in [0.2, 0.25) is 0 Å². The molecule has 4 atom stereocenters. The summed E-state index contributed by atoms with van der Waals surface area (Å²) < 4.78 is 90.6. The predicted molar refractivity (Wildman–Crippen MR) is 116 cm³/mol. The highest BCUT2D eigenvalue weighted by Crippen LogP contribution is 2.41. The van der Waals surface area contributed by atoms with Crippen LogP contribution in [0.3, 0.4) is 0 Å². The molecule has 1 aliphatic heterocycles. The summed E-state index contributed by atoms with van der Waals surface area (Å²) >= 11 is 0. The number of hydrogen-bond acceptors (Lipinski definition) is 5. The number of hydroxylamine groups is 3. The number of ether oxygens (including phenoxy) is 2. The zero-order valence-electron chi connectivity index (χ0n) is 19.3. The van der Waals surface area contributed by atoms with Crippen LogP contribution >= 0.6 is 0 Å². The van der Waals surface area contributed by atoms with Gasteiger partial charge in [0.2, 0.25) is 6.29 Å². The number of morpholine rings is 1. The van der Waals surface area contributed by atoms with E-state index in [2.05, 4.69) is 15.2 Å². The van der Waals surface area contributed by atoms with Crippen molar-refractivity contribution < 1.29 is 40.5 Å². The lowest BCUT2D eigenvalue weighted by Gasteiger charge is -2.53. The SMILES string of the molecule is C[C@@H](O[C@H]1OCC[N+]([O-])(Cc2n[nH]c(=O)[nH]2)[C@H]1c1ccccc1)c1cc(C(F)(F)F)cc(C(F)(F)F)c1. The van der Waals surface area contributed by atoms with E-state index in [4.69, 9.17) is 9.47 Å². The number of benzene rings is 2. The molecule has 0 amide bonds. The summed E-state index contributed by atoms with van der Waals surface area (Å²) in [6, 6.07) is 8.38. The molecule has 1 aromatic heterocycles. The molecule has 2 heterocycles. The number of nitrogens with one attached hydrogen (secondary N) is 2. The average Bonchev–Trinajstić information content (AvgIpc) is 3.22. The first-order valence-electron chi connectivity index (χ1n) is 11.1. The van der Waals surface area contributed by atoms with Crippen molar-refractivity contribution in [2.24, 2.45) is 0 Å². The van der Waals surface area contributed by atoms with Crippen LogP contribution in [-0.2, 0) is 28.4 Å². The molecule has 3 aromatic rings. The molecule has 1 aliphatic rings. The quantitative estimate of drug-likeness (QED) is 0.269. The number of rotatable bonds is 6. The number of H-pyrrole nitrogens is 2. The van der Waals surface area contributed by atoms with Gasteiger partial charge in [-0.05, 0) is 30.7 Å². The summed E-state index contributed by atoms with van der Waals surface area (Å²) in [4.78, 5) is 13.9. The van der Waals surface area contributed by atoms with Gasteiger partial charge in [0.1, 0.15) is 13.1 Å². The van der Waals surface area contributed by atoms with E-state index < -0.39 is 52.3 Å². The van der Waals surface area contributed by atoms with Crippen LogP contribution in [0, 0.1) is 5.21 Å². The lowest BCUT2D eigenvalue weighted by Crippen LogP contribution is -2.56. The van der Waals surface area contributed by atoms with Crippen molar-refractivity contribution in [2.45, 2.75) is 44.3 Å². The third kappa shape index (κ3) is 6.04. The highest BCUT2D eigenvalue weighted by Gasteiger charge is 2.44. The summed E-state index contributed by atoms with van der Waals surface area (Å²) in [7, 11) is 0. The fraction of sp³-hybridized carbons (Fsp3) is 0.391. The topological polar surface area (TPSA) is 103 Å². The first kappa shape index (κ1) is 26.9. The van der Waals surface area contributed by atoms with E-state index in [1.54, 1.807) is 30.3 Å². The Morgan fingerprint density at radius 1 is 1.11 bits per heavy atom. The Bertz CT molecular complexity index is 1240. The molecule has 0 saturated carbocycles. The average molecular weight is 532 g/mol. The number of halogens is 6. The molecular formula is C23H22F6N4O4. The summed E-state index contributed by atoms with van der Waals surface area (Å²) in [5, 5.41) is 20.0. The van der Waals surface area contributed by atoms with Gasteiger partial charge < -0.3 is 19.3 Å². The molecule has 2 N–H and O–H groups in total. The van der Waals surface area contributed by atoms with E-state index in [0.717, 1.165) is 0 Å². The van der Waals surface area contributed by atoms with Crippen LogP contribution in [0.15, 0.2) is 53.3 Å². The highest BCUT2D eigenvalue weighted by molar-refractivity contribution is 5.34. The number of hydrogen-bond donors (Lipinski definition) is 2. The number of quaternary nitrogens is 1. The first-order chi connectivity index (χ1) is 17.3. The number of aromatic nitrogens is 3. The largest absolute Gasteiger partial charge is 0.632 e. The summed E-state index contributed by atoms with van der Waals surface area (Å²) in [6.07, 6.45) is -12.7. The third-order valence-electron chi connectivity index (χ3n) is 6.04. The monoisotopic (exact) mass is 532 g/mol. The van der Waals surface area contributed by atoms with Gasteiger partial charge in [-0.15, -0.1) is 0 Å². The second-order valence-corrected chi connectivity index (χ2v) is 8.67. The van der Waals surface area contributed by atoms with Gasteiger partial charge in [0.25, 0.3) is 0 Å². The standard InChI is InChI=1S/C23H22F6N4O4/c1-13(15-9-16(22(24,25)26)11-17(10-15)23(27,28)29)37-20-19(14-5-3-2-4-6-14)33(35,7-8-36-20)12-18-30-21(34)32-31-18/h2-6,9-11,13,19-20H,7-8,12H2,1H3,(H2,30,31,32,34)/t13-,19+,20-,33?/m1/s1. The minimum atomic E-state index is -5.02. The summed E-state index contributed by atoms with van der Waals surface area (Å²) in [5.41, 5.74) is -3.49. The van der Waals surface area contributed by atoms with Gasteiger partial charge in [0.15, 0.2) is 11.9 Å². The van der Waals surface area contributed by atoms with Crippen LogP contribution in [-0.4, -0.2) is 39.3 Å². The molecule has 1 fully saturated rings. The molecule has 37 heavy (non-hydrogen) atoms. The van der Waals surface area contributed by atoms with Crippen LogP contribution in [0.5, 0.6) is 0 Å². The number of alkyl halides is 6. The molecule has 1 unspecified atom stereocenters. The van der Waals surface area contributed by atoms with Gasteiger partial charge in [-0.25, -0.2) is 9.89 Å². The maximum Gasteiger partial charge on any atom is 0.416 e. The second-order valence-electron chi connectivity index (χ2n) is 8.67. The van der Waals surface area contributed by atoms with Crippen molar-refractivity contribution in [2.75, 3.05) is 13.2 Å². The third-order valence-corrected chi connectivity index (χ3v) is 6.04. The Hall–Kier alpha value is -3.20. The molecule has 0 radical (unpaired) electrons. The predicted octanol–water partition coefficient (Wildman–Crippen LogP) is 4.83. The zero-order chi connectivity index (χ0) is 27.0. The summed E-state index contributed by atoms with van der Waals surface area (Å²) in [6.45, 7) is 0.789. The molecular weight excluding hydrogens is 510 g/mol. The van der Waals surface area contributed by atoms with Gasteiger partial charge in [-0.1, -0.05) is 30.3 Å². The van der Waals surface area contributed by atoms with Crippen molar-refractivity contribution in [3.63, 3.8) is 0 Å². The smallest absolute Gasteiger partial charge is 0.416 e. The van der Waals surface area contributed by atoms with Crippen molar-refractivity contribution >= 4 is 0 Å². The molecule has 1 saturated heterocycles. The first-order valence-corrected chi connectivity index (χ1v) is 11.1. The minimum absolute atomic E-state index is 0.0321. The van der Waals surface area contributed by atoms with E-state index >= 15 is 0 Å². The van der Waals surface area contributed by atoms with Crippen LogP contribution < -0.4 is 5.69 Å². The maximum atomic E-state index is 14.0. The number of aromatic amines is 2. The molecule has 0 bridgehead atoms. The molecule has 8 nitrogen and oxygen atoms in total. The maximum absolute atomic E-state index is 14.0. The van der Waals surface area contributed by atoms with Gasteiger partial charge >= 0.3 is 18.0 Å². The number of nitrogens with zero attached hydrogens (tertiary/aromatic N) is 2. The van der Waals surface area contributed by atoms with E-state index in [1.165, 1.54) is 6.92 Å². The van der Waals surface area contributed by atoms with Crippen LogP contribution in [0.25, 0.3) is 0 Å². The highest BCUT2D eigenvalue weighted by atomic mass is 19.4. The van der Waals surface area contributed by atoms with E-state index in [9.17, 15) is 36.3 Å².